The Morgan fingerprint density at radius 3 is 3.08 bits per heavy atom. The van der Waals surface area contributed by atoms with Gasteiger partial charge in [-0.1, -0.05) is 19.1 Å². The molecule has 1 nitrogen and oxygen atoms in total. The van der Waals surface area contributed by atoms with Gasteiger partial charge in [-0.2, -0.15) is 0 Å². The molecule has 0 saturated carbocycles. The van der Waals surface area contributed by atoms with Crippen LogP contribution in [0.3, 0.4) is 0 Å². The molecule has 1 heterocycles. The van der Waals surface area contributed by atoms with E-state index in [-0.39, 0.29) is 0 Å². The fourth-order valence-corrected chi connectivity index (χ4v) is 1.91. The zero-order valence-corrected chi connectivity index (χ0v) is 8.43. The zero-order valence-electron chi connectivity index (χ0n) is 8.43. The Hall–Kier alpha value is -0.980. The molecule has 1 aliphatic rings. The molecule has 0 spiro atoms. The first-order valence-corrected chi connectivity index (χ1v) is 5.18. The van der Waals surface area contributed by atoms with Crippen molar-refractivity contribution in [3.8, 4) is 0 Å². The minimum Gasteiger partial charge on any atom is -0.382 e. The fourth-order valence-electron chi connectivity index (χ4n) is 1.91. The Balaban J connectivity index is 2.32. The van der Waals surface area contributed by atoms with Crippen LogP contribution >= 0.6 is 0 Å². The van der Waals surface area contributed by atoms with E-state index in [4.69, 9.17) is 0 Å². The van der Waals surface area contributed by atoms with Gasteiger partial charge in [0.1, 0.15) is 0 Å². The monoisotopic (exact) mass is 175 g/mol. The maximum Gasteiger partial charge on any atom is 0.0377 e. The summed E-state index contributed by atoms with van der Waals surface area (Å²) in [6.07, 6.45) is 3.62. The second kappa shape index (κ2) is 3.41. The van der Waals surface area contributed by atoms with Crippen molar-refractivity contribution in [3.05, 3.63) is 29.3 Å². The molecule has 2 rings (SSSR count). The lowest BCUT2D eigenvalue weighted by Gasteiger charge is -2.24. The van der Waals surface area contributed by atoms with E-state index in [0.717, 1.165) is 6.42 Å². The molecule has 0 unspecified atom stereocenters. The van der Waals surface area contributed by atoms with Gasteiger partial charge in [0.05, 0.1) is 0 Å². The second-order valence-electron chi connectivity index (χ2n) is 3.93. The van der Waals surface area contributed by atoms with E-state index in [9.17, 15) is 0 Å². The van der Waals surface area contributed by atoms with Crippen molar-refractivity contribution in [2.45, 2.75) is 39.2 Å². The van der Waals surface area contributed by atoms with Gasteiger partial charge < -0.3 is 5.32 Å². The smallest absolute Gasteiger partial charge is 0.0377 e. The Labute approximate surface area is 80.2 Å². The molecule has 1 N–H and O–H groups in total. The lowest BCUT2D eigenvalue weighted by atomic mass is 9.97. The summed E-state index contributed by atoms with van der Waals surface area (Å²) in [6, 6.07) is 7.45. The molecule has 1 heteroatoms. The molecule has 0 bridgehead atoms. The molecule has 0 aliphatic carbocycles. The molecular formula is C12H17N. The topological polar surface area (TPSA) is 12.0 Å². The third-order valence-electron chi connectivity index (χ3n) is 2.83. The lowest BCUT2D eigenvalue weighted by Crippen LogP contribution is -2.21. The SMILES string of the molecule is CCc1ccc2c(c1)N[C@@H](C)CC2. The first-order chi connectivity index (χ1) is 6.29. The quantitative estimate of drug-likeness (QED) is 0.692. The number of hydrogen-bond acceptors (Lipinski definition) is 1. The van der Waals surface area contributed by atoms with Gasteiger partial charge in [0.25, 0.3) is 0 Å². The van der Waals surface area contributed by atoms with Crippen molar-refractivity contribution in [1.29, 1.82) is 0 Å². The summed E-state index contributed by atoms with van der Waals surface area (Å²) < 4.78 is 0. The van der Waals surface area contributed by atoms with Crippen LogP contribution in [-0.2, 0) is 12.8 Å². The summed E-state index contributed by atoms with van der Waals surface area (Å²) in [5.41, 5.74) is 4.27. The normalized spacial score (nSPS) is 20.6. The number of aryl methyl sites for hydroxylation is 2. The van der Waals surface area contributed by atoms with Gasteiger partial charge in [-0.15, -0.1) is 0 Å². The van der Waals surface area contributed by atoms with Crippen LogP contribution in [0, 0.1) is 0 Å². The van der Waals surface area contributed by atoms with Crippen molar-refractivity contribution in [1.82, 2.24) is 0 Å². The third-order valence-corrected chi connectivity index (χ3v) is 2.83. The Bertz CT molecular complexity index is 304. The number of nitrogens with one attached hydrogen (secondary N) is 1. The summed E-state index contributed by atoms with van der Waals surface area (Å²) >= 11 is 0. The minimum atomic E-state index is 0.639. The molecule has 13 heavy (non-hydrogen) atoms. The number of rotatable bonds is 1. The van der Waals surface area contributed by atoms with Crippen LogP contribution in [0.15, 0.2) is 18.2 Å². The average molecular weight is 175 g/mol. The molecule has 0 aromatic heterocycles. The van der Waals surface area contributed by atoms with Crippen LogP contribution in [0.4, 0.5) is 5.69 Å². The van der Waals surface area contributed by atoms with E-state index in [1.165, 1.54) is 29.7 Å². The molecule has 0 fully saturated rings. The van der Waals surface area contributed by atoms with Crippen molar-refractivity contribution in [3.63, 3.8) is 0 Å². The van der Waals surface area contributed by atoms with E-state index in [1.54, 1.807) is 0 Å². The molecule has 1 aromatic rings. The summed E-state index contributed by atoms with van der Waals surface area (Å²) in [5, 5.41) is 3.53. The Kier molecular flexibility index (Phi) is 2.26. The van der Waals surface area contributed by atoms with Gasteiger partial charge in [-0.25, -0.2) is 0 Å². The van der Waals surface area contributed by atoms with Gasteiger partial charge in [0.2, 0.25) is 0 Å². The van der Waals surface area contributed by atoms with Crippen molar-refractivity contribution in [2.24, 2.45) is 0 Å². The predicted octanol–water partition coefficient (Wildman–Crippen LogP) is 3.00. The first-order valence-electron chi connectivity index (χ1n) is 5.18. The van der Waals surface area contributed by atoms with E-state index in [1.807, 2.05) is 0 Å². The third kappa shape index (κ3) is 1.69. The summed E-state index contributed by atoms with van der Waals surface area (Å²) in [7, 11) is 0. The Morgan fingerprint density at radius 2 is 2.31 bits per heavy atom. The highest BCUT2D eigenvalue weighted by molar-refractivity contribution is 5.55. The number of fused-ring (bicyclic) bond motifs is 1. The first kappa shape index (κ1) is 8.61. The standard InChI is InChI=1S/C12H17N/c1-3-10-5-7-11-6-4-9(2)13-12(11)8-10/h5,7-9,13H,3-4,6H2,1-2H3/t9-/m0/s1. The Morgan fingerprint density at radius 1 is 1.46 bits per heavy atom. The van der Waals surface area contributed by atoms with Crippen LogP contribution in [-0.4, -0.2) is 6.04 Å². The van der Waals surface area contributed by atoms with Gasteiger partial charge in [-0.3, -0.25) is 0 Å². The van der Waals surface area contributed by atoms with E-state index < -0.39 is 0 Å². The molecule has 0 saturated heterocycles. The molecule has 0 amide bonds. The highest BCUT2D eigenvalue weighted by Gasteiger charge is 2.13. The maximum atomic E-state index is 3.53. The van der Waals surface area contributed by atoms with Gasteiger partial charge >= 0.3 is 0 Å². The van der Waals surface area contributed by atoms with Crippen LogP contribution in [0.2, 0.25) is 0 Å². The summed E-state index contributed by atoms with van der Waals surface area (Å²) in [6.45, 7) is 4.45. The van der Waals surface area contributed by atoms with Gasteiger partial charge in [-0.05, 0) is 43.4 Å². The molecular weight excluding hydrogens is 158 g/mol. The van der Waals surface area contributed by atoms with E-state index in [0.29, 0.717) is 6.04 Å². The summed E-state index contributed by atoms with van der Waals surface area (Å²) in [5.74, 6) is 0. The lowest BCUT2D eigenvalue weighted by molar-refractivity contribution is 0.680. The minimum absolute atomic E-state index is 0.639. The van der Waals surface area contributed by atoms with Gasteiger partial charge in [0.15, 0.2) is 0 Å². The van der Waals surface area contributed by atoms with Gasteiger partial charge in [0, 0.05) is 11.7 Å². The molecule has 1 atom stereocenters. The van der Waals surface area contributed by atoms with E-state index >= 15 is 0 Å². The fraction of sp³-hybridized carbons (Fsp3) is 0.500. The predicted molar refractivity (Wildman–Crippen MR) is 57.2 cm³/mol. The van der Waals surface area contributed by atoms with Crippen molar-refractivity contribution >= 4 is 5.69 Å². The average Bonchev–Trinajstić information content (AvgIpc) is 2.16. The highest BCUT2D eigenvalue weighted by Crippen LogP contribution is 2.25. The number of anilines is 1. The molecule has 0 radical (unpaired) electrons. The van der Waals surface area contributed by atoms with Crippen LogP contribution < -0.4 is 5.32 Å². The van der Waals surface area contributed by atoms with E-state index in [2.05, 4.69) is 37.4 Å². The largest absolute Gasteiger partial charge is 0.382 e. The molecule has 70 valence electrons. The maximum absolute atomic E-state index is 3.53. The zero-order chi connectivity index (χ0) is 9.26. The van der Waals surface area contributed by atoms with Crippen molar-refractivity contribution < 1.29 is 0 Å². The van der Waals surface area contributed by atoms with Crippen LogP contribution in [0.5, 0.6) is 0 Å². The van der Waals surface area contributed by atoms with Crippen LogP contribution in [0.1, 0.15) is 31.4 Å². The van der Waals surface area contributed by atoms with Crippen molar-refractivity contribution in [2.75, 3.05) is 5.32 Å². The molecule has 1 aliphatic heterocycles. The number of benzene rings is 1. The van der Waals surface area contributed by atoms with Crippen LogP contribution in [0.25, 0.3) is 0 Å². The second-order valence-corrected chi connectivity index (χ2v) is 3.93. The number of hydrogen-bond donors (Lipinski definition) is 1. The summed E-state index contributed by atoms with van der Waals surface area (Å²) in [4.78, 5) is 0. The highest BCUT2D eigenvalue weighted by atomic mass is 14.9. The molecule has 1 aromatic carbocycles.